The minimum atomic E-state index is -0.146. The number of benzene rings is 2. The van der Waals surface area contributed by atoms with Crippen LogP contribution in [0.4, 0.5) is 0 Å². The number of carbonyl (C=O) groups is 2. The van der Waals surface area contributed by atoms with Crippen LogP contribution in [0.2, 0.25) is 0 Å². The fraction of sp³-hybridized carbons (Fsp3) is 0.515. The molecule has 0 aliphatic carbocycles. The van der Waals surface area contributed by atoms with Crippen LogP contribution in [0.1, 0.15) is 61.1 Å². The zero-order valence-electron chi connectivity index (χ0n) is 24.9. The average Bonchev–Trinajstić information content (AvgIpc) is 2.96. The quantitative estimate of drug-likeness (QED) is 0.326. The van der Waals surface area contributed by atoms with E-state index >= 15 is 0 Å². The van der Waals surface area contributed by atoms with Crippen LogP contribution < -0.4 is 0 Å². The molecule has 2 saturated heterocycles. The van der Waals surface area contributed by atoms with E-state index in [9.17, 15) is 14.7 Å². The molecule has 1 unspecified atom stereocenters. The summed E-state index contributed by atoms with van der Waals surface area (Å²) in [5.41, 5.74) is 2.76. The van der Waals surface area contributed by atoms with Gasteiger partial charge in [-0.05, 0) is 69.1 Å². The largest absolute Gasteiger partial charge is 0.508 e. The summed E-state index contributed by atoms with van der Waals surface area (Å²) in [7, 11) is 0. The van der Waals surface area contributed by atoms with Crippen LogP contribution in [-0.2, 0) is 9.53 Å². The second-order valence-electron chi connectivity index (χ2n) is 11.3. The average molecular weight is 563 g/mol. The van der Waals surface area contributed by atoms with Gasteiger partial charge in [-0.25, -0.2) is 0 Å². The Bertz CT molecular complexity index is 1180. The minimum Gasteiger partial charge on any atom is -0.508 e. The van der Waals surface area contributed by atoms with Crippen molar-refractivity contribution in [2.24, 2.45) is 0 Å². The zero-order valence-corrected chi connectivity index (χ0v) is 24.9. The number of carbonyl (C=O) groups excluding carboxylic acids is 2. The first kappa shape index (κ1) is 30.8. The Kier molecular flexibility index (Phi) is 11.0. The molecule has 1 amide bonds. The molecule has 0 saturated carbocycles. The van der Waals surface area contributed by atoms with Crippen LogP contribution in [-0.4, -0.2) is 108 Å². The fourth-order valence-corrected chi connectivity index (χ4v) is 6.15. The molecule has 1 N–H and O–H groups in total. The number of piperazine rings is 2. The Hall–Kier alpha value is -3.20. The number of phenols is 1. The molecule has 2 heterocycles. The second-order valence-corrected chi connectivity index (χ2v) is 11.3. The SMILES string of the molecule is C=CCN1C[C@@H](C)N(C(c2cccc(O)c2)c2cccc(C(=O)N3CCN(CCCC(=O)OCC)CC3)c2)C[C@H]1C. The molecular weight excluding hydrogens is 516 g/mol. The van der Waals surface area contributed by atoms with Crippen molar-refractivity contribution in [3.8, 4) is 5.75 Å². The van der Waals surface area contributed by atoms with Crippen LogP contribution in [0.15, 0.2) is 61.2 Å². The Morgan fingerprint density at radius 3 is 2.41 bits per heavy atom. The summed E-state index contributed by atoms with van der Waals surface area (Å²) in [5.74, 6) is 0.142. The van der Waals surface area contributed by atoms with Gasteiger partial charge in [0.25, 0.3) is 5.91 Å². The van der Waals surface area contributed by atoms with Crippen molar-refractivity contribution in [1.29, 1.82) is 0 Å². The van der Waals surface area contributed by atoms with Gasteiger partial charge in [0.2, 0.25) is 0 Å². The van der Waals surface area contributed by atoms with Crippen molar-refractivity contribution in [2.75, 3.05) is 59.0 Å². The van der Waals surface area contributed by atoms with E-state index in [0.29, 0.717) is 37.7 Å². The van der Waals surface area contributed by atoms with E-state index in [1.807, 2.05) is 48.2 Å². The highest BCUT2D eigenvalue weighted by Crippen LogP contribution is 2.35. The van der Waals surface area contributed by atoms with Gasteiger partial charge in [0.1, 0.15) is 5.75 Å². The van der Waals surface area contributed by atoms with E-state index in [4.69, 9.17) is 4.74 Å². The van der Waals surface area contributed by atoms with Crippen LogP contribution >= 0.6 is 0 Å². The molecule has 2 fully saturated rings. The van der Waals surface area contributed by atoms with Crippen molar-refractivity contribution in [1.82, 2.24) is 19.6 Å². The lowest BCUT2D eigenvalue weighted by Crippen LogP contribution is -2.57. The highest BCUT2D eigenvalue weighted by molar-refractivity contribution is 5.94. The van der Waals surface area contributed by atoms with Crippen molar-refractivity contribution >= 4 is 11.9 Å². The summed E-state index contributed by atoms with van der Waals surface area (Å²) in [6, 6.07) is 16.0. The van der Waals surface area contributed by atoms with Gasteiger partial charge in [-0.3, -0.25) is 24.3 Å². The standard InChI is InChI=1S/C33H46N4O4/c1-5-15-36-23-26(4)37(24-25(36)3)32(28-11-8-13-30(38)22-28)27-10-7-12-29(21-27)33(40)35-19-17-34(18-20-35)16-9-14-31(39)41-6-2/h5,7-8,10-13,21-22,25-26,32,38H,1,6,9,14-20,23-24H2,2-4H3/t25-,26-,32?/m1/s1. The van der Waals surface area contributed by atoms with E-state index < -0.39 is 0 Å². The number of esters is 1. The lowest BCUT2D eigenvalue weighted by molar-refractivity contribution is -0.143. The van der Waals surface area contributed by atoms with E-state index in [0.717, 1.165) is 56.8 Å². The molecule has 0 radical (unpaired) electrons. The maximum Gasteiger partial charge on any atom is 0.305 e. The second kappa shape index (κ2) is 14.6. The first-order valence-electron chi connectivity index (χ1n) is 15.0. The molecule has 4 rings (SSSR count). The van der Waals surface area contributed by atoms with E-state index in [2.05, 4.69) is 47.3 Å². The van der Waals surface area contributed by atoms with Gasteiger partial charge in [0.05, 0.1) is 12.6 Å². The third-order valence-electron chi connectivity index (χ3n) is 8.31. The predicted octanol–water partition coefficient (Wildman–Crippen LogP) is 4.16. The van der Waals surface area contributed by atoms with Crippen molar-refractivity contribution in [3.05, 3.63) is 77.9 Å². The normalized spacial score (nSPS) is 21.4. The van der Waals surface area contributed by atoms with Crippen molar-refractivity contribution in [3.63, 3.8) is 0 Å². The monoisotopic (exact) mass is 562 g/mol. The number of aromatic hydroxyl groups is 1. The summed E-state index contributed by atoms with van der Waals surface area (Å²) < 4.78 is 5.02. The Morgan fingerprint density at radius 2 is 1.73 bits per heavy atom. The van der Waals surface area contributed by atoms with Crippen LogP contribution in [0.5, 0.6) is 5.75 Å². The zero-order chi connectivity index (χ0) is 29.4. The molecule has 3 atom stereocenters. The number of nitrogens with zero attached hydrogens (tertiary/aromatic N) is 4. The molecule has 8 heteroatoms. The summed E-state index contributed by atoms with van der Waals surface area (Å²) in [4.78, 5) is 34.4. The van der Waals surface area contributed by atoms with Gasteiger partial charge in [0.15, 0.2) is 0 Å². The van der Waals surface area contributed by atoms with Gasteiger partial charge in [-0.1, -0.05) is 30.3 Å². The van der Waals surface area contributed by atoms with Crippen LogP contribution in [0.3, 0.4) is 0 Å². The van der Waals surface area contributed by atoms with Crippen LogP contribution in [0, 0.1) is 0 Å². The highest BCUT2D eigenvalue weighted by Gasteiger charge is 2.35. The van der Waals surface area contributed by atoms with Gasteiger partial charge in [0, 0.05) is 69.9 Å². The summed E-state index contributed by atoms with van der Waals surface area (Å²) in [6.45, 7) is 17.1. The van der Waals surface area contributed by atoms with E-state index in [1.54, 1.807) is 6.07 Å². The van der Waals surface area contributed by atoms with E-state index in [-0.39, 0.29) is 29.7 Å². The molecule has 41 heavy (non-hydrogen) atoms. The molecule has 2 aromatic carbocycles. The number of ether oxygens (including phenoxy) is 1. The Morgan fingerprint density at radius 1 is 1.02 bits per heavy atom. The third-order valence-corrected chi connectivity index (χ3v) is 8.31. The first-order chi connectivity index (χ1) is 19.8. The van der Waals surface area contributed by atoms with E-state index in [1.165, 1.54) is 0 Å². The molecule has 2 aromatic rings. The van der Waals surface area contributed by atoms with Crippen LogP contribution in [0.25, 0.3) is 0 Å². The first-order valence-corrected chi connectivity index (χ1v) is 15.0. The van der Waals surface area contributed by atoms with Crippen molar-refractivity contribution in [2.45, 2.75) is 51.7 Å². The molecule has 0 aromatic heterocycles. The Labute approximate surface area is 245 Å². The third kappa shape index (κ3) is 7.97. The van der Waals surface area contributed by atoms with Gasteiger partial charge >= 0.3 is 5.97 Å². The summed E-state index contributed by atoms with van der Waals surface area (Å²) in [5, 5.41) is 10.4. The number of rotatable bonds is 11. The molecule has 8 nitrogen and oxygen atoms in total. The number of amides is 1. The number of hydrogen-bond donors (Lipinski definition) is 1. The smallest absolute Gasteiger partial charge is 0.305 e. The lowest BCUT2D eigenvalue weighted by Gasteiger charge is -2.47. The lowest BCUT2D eigenvalue weighted by atomic mass is 9.92. The minimum absolute atomic E-state index is 0.0462. The number of hydrogen-bond acceptors (Lipinski definition) is 7. The van der Waals surface area contributed by atoms with Gasteiger partial charge < -0.3 is 14.7 Å². The fourth-order valence-electron chi connectivity index (χ4n) is 6.15. The number of phenolic OH excluding ortho intramolecular Hbond substituents is 1. The maximum absolute atomic E-state index is 13.6. The summed E-state index contributed by atoms with van der Waals surface area (Å²) >= 11 is 0. The summed E-state index contributed by atoms with van der Waals surface area (Å²) in [6.07, 6.45) is 3.16. The molecule has 2 aliphatic rings. The highest BCUT2D eigenvalue weighted by atomic mass is 16.5. The molecular formula is C33H46N4O4. The Balaban J connectivity index is 1.48. The van der Waals surface area contributed by atoms with Crippen molar-refractivity contribution < 1.29 is 19.4 Å². The predicted molar refractivity (Wildman–Crippen MR) is 162 cm³/mol. The van der Waals surface area contributed by atoms with Gasteiger partial charge in [-0.2, -0.15) is 0 Å². The molecule has 0 bridgehead atoms. The molecule has 222 valence electrons. The van der Waals surface area contributed by atoms with Gasteiger partial charge in [-0.15, -0.1) is 6.58 Å². The molecule has 2 aliphatic heterocycles. The topological polar surface area (TPSA) is 76.6 Å². The maximum atomic E-state index is 13.6. The molecule has 0 spiro atoms.